The molecule has 0 aliphatic carbocycles. The van der Waals surface area contributed by atoms with E-state index in [0.717, 1.165) is 6.54 Å². The highest BCUT2D eigenvalue weighted by Gasteiger charge is 2.09. The Hall–Kier alpha value is -0.980. The van der Waals surface area contributed by atoms with Gasteiger partial charge in [0.05, 0.1) is 19.3 Å². The highest BCUT2D eigenvalue weighted by atomic mass is 16.5. The fourth-order valence-corrected chi connectivity index (χ4v) is 1.15. The molecular weight excluding hydrogens is 210 g/mol. The Morgan fingerprint density at radius 1 is 1.44 bits per heavy atom. The fourth-order valence-electron chi connectivity index (χ4n) is 1.15. The van der Waals surface area contributed by atoms with Gasteiger partial charge < -0.3 is 19.3 Å². The maximum Gasteiger partial charge on any atom is 0.240 e. The molecule has 0 aliphatic heterocycles. The monoisotopic (exact) mass is 229 g/mol. The van der Waals surface area contributed by atoms with Crippen LogP contribution in [0.25, 0.3) is 0 Å². The van der Waals surface area contributed by atoms with Crippen molar-refractivity contribution in [1.82, 2.24) is 15.5 Å². The van der Waals surface area contributed by atoms with Gasteiger partial charge in [-0.3, -0.25) is 0 Å². The molecule has 0 aromatic carbocycles. The fraction of sp³-hybridized carbons (Fsp3) is 0.800. The van der Waals surface area contributed by atoms with Gasteiger partial charge in [0.1, 0.15) is 0 Å². The molecule has 1 heterocycles. The van der Waals surface area contributed by atoms with Crippen molar-refractivity contribution in [2.75, 3.05) is 27.4 Å². The zero-order chi connectivity index (χ0) is 11.8. The van der Waals surface area contributed by atoms with Crippen LogP contribution in [-0.2, 0) is 22.4 Å². The number of aromatic nitrogens is 2. The molecule has 1 rings (SSSR count). The van der Waals surface area contributed by atoms with Gasteiger partial charge >= 0.3 is 0 Å². The Morgan fingerprint density at radius 3 is 2.94 bits per heavy atom. The molecule has 0 bridgehead atoms. The highest BCUT2D eigenvalue weighted by Crippen LogP contribution is 2.02. The molecule has 1 aromatic heterocycles. The maximum atomic E-state index is 5.12. The molecule has 0 fully saturated rings. The lowest BCUT2D eigenvalue weighted by molar-refractivity contribution is 0.116. The molecule has 0 amide bonds. The topological polar surface area (TPSA) is 69.4 Å². The molecule has 1 N–H and O–H groups in total. The first kappa shape index (κ1) is 13.1. The second-order valence-electron chi connectivity index (χ2n) is 3.52. The molecule has 0 radical (unpaired) electrons. The number of rotatable bonds is 8. The molecule has 1 unspecified atom stereocenters. The molecule has 92 valence electrons. The number of hydrogen-bond donors (Lipinski definition) is 1. The van der Waals surface area contributed by atoms with E-state index in [4.69, 9.17) is 14.0 Å². The summed E-state index contributed by atoms with van der Waals surface area (Å²) in [5, 5.41) is 7.00. The normalized spacial score (nSPS) is 12.9. The minimum atomic E-state index is 0.104. The van der Waals surface area contributed by atoms with Gasteiger partial charge in [-0.25, -0.2) is 0 Å². The number of methoxy groups -OCH3 is 2. The standard InChI is InChI=1S/C10H19N3O3/c1-8(15-3)6-9-12-10(16-13-9)7-11-4-5-14-2/h8,11H,4-7H2,1-3H3. The summed E-state index contributed by atoms with van der Waals surface area (Å²) in [6.07, 6.45) is 0.768. The third-order valence-electron chi connectivity index (χ3n) is 2.14. The summed E-state index contributed by atoms with van der Waals surface area (Å²) in [7, 11) is 3.33. The minimum absolute atomic E-state index is 0.104. The summed E-state index contributed by atoms with van der Waals surface area (Å²) in [5.41, 5.74) is 0. The predicted molar refractivity (Wildman–Crippen MR) is 58.1 cm³/mol. The van der Waals surface area contributed by atoms with Crippen LogP contribution < -0.4 is 5.32 Å². The van der Waals surface area contributed by atoms with Crippen molar-refractivity contribution in [3.05, 3.63) is 11.7 Å². The van der Waals surface area contributed by atoms with E-state index in [0.29, 0.717) is 31.3 Å². The summed E-state index contributed by atoms with van der Waals surface area (Å²) >= 11 is 0. The van der Waals surface area contributed by atoms with Gasteiger partial charge in [0, 0.05) is 27.2 Å². The smallest absolute Gasteiger partial charge is 0.240 e. The number of ether oxygens (including phenoxy) is 2. The molecule has 6 heteroatoms. The van der Waals surface area contributed by atoms with Gasteiger partial charge in [-0.2, -0.15) is 4.98 Å². The second-order valence-corrected chi connectivity index (χ2v) is 3.52. The lowest BCUT2D eigenvalue weighted by Crippen LogP contribution is -2.18. The Kier molecular flexibility index (Phi) is 5.99. The summed E-state index contributed by atoms with van der Waals surface area (Å²) in [4.78, 5) is 4.23. The average Bonchev–Trinajstić information content (AvgIpc) is 2.72. The molecule has 0 saturated carbocycles. The van der Waals surface area contributed by atoms with Crippen LogP contribution in [0.15, 0.2) is 4.52 Å². The highest BCUT2D eigenvalue weighted by molar-refractivity contribution is 4.87. The molecule has 1 atom stereocenters. The SMILES string of the molecule is COCCNCc1nc(CC(C)OC)no1. The van der Waals surface area contributed by atoms with Gasteiger partial charge in [0.15, 0.2) is 5.82 Å². The number of hydrogen-bond acceptors (Lipinski definition) is 6. The van der Waals surface area contributed by atoms with Gasteiger partial charge in [0.2, 0.25) is 5.89 Å². The lowest BCUT2D eigenvalue weighted by Gasteiger charge is -2.04. The van der Waals surface area contributed by atoms with E-state index in [2.05, 4.69) is 15.5 Å². The first-order valence-electron chi connectivity index (χ1n) is 5.30. The van der Waals surface area contributed by atoms with E-state index in [1.807, 2.05) is 6.92 Å². The Labute approximate surface area is 95.3 Å². The molecule has 16 heavy (non-hydrogen) atoms. The van der Waals surface area contributed by atoms with Crippen LogP contribution in [0, 0.1) is 0 Å². The maximum absolute atomic E-state index is 5.12. The quantitative estimate of drug-likeness (QED) is 0.650. The number of nitrogens with zero attached hydrogens (tertiary/aromatic N) is 2. The zero-order valence-electron chi connectivity index (χ0n) is 10.0. The van der Waals surface area contributed by atoms with Crippen LogP contribution >= 0.6 is 0 Å². The number of nitrogens with one attached hydrogen (secondary N) is 1. The minimum Gasteiger partial charge on any atom is -0.383 e. The average molecular weight is 229 g/mol. The van der Waals surface area contributed by atoms with E-state index in [-0.39, 0.29) is 6.10 Å². The third-order valence-corrected chi connectivity index (χ3v) is 2.14. The molecule has 6 nitrogen and oxygen atoms in total. The van der Waals surface area contributed by atoms with Crippen LogP contribution in [0.4, 0.5) is 0 Å². The Morgan fingerprint density at radius 2 is 2.25 bits per heavy atom. The van der Waals surface area contributed by atoms with Crippen molar-refractivity contribution in [2.24, 2.45) is 0 Å². The van der Waals surface area contributed by atoms with E-state index < -0.39 is 0 Å². The molecule has 0 saturated heterocycles. The summed E-state index contributed by atoms with van der Waals surface area (Å²) in [6.45, 7) is 3.97. The van der Waals surface area contributed by atoms with E-state index in [1.165, 1.54) is 0 Å². The first-order chi connectivity index (χ1) is 7.76. The lowest BCUT2D eigenvalue weighted by atomic mass is 10.3. The molecule has 1 aromatic rings. The van der Waals surface area contributed by atoms with Crippen LogP contribution in [-0.4, -0.2) is 43.6 Å². The summed E-state index contributed by atoms with van der Waals surface area (Å²) < 4.78 is 15.1. The van der Waals surface area contributed by atoms with Gasteiger partial charge in [-0.15, -0.1) is 0 Å². The van der Waals surface area contributed by atoms with Crippen LogP contribution in [0.2, 0.25) is 0 Å². The predicted octanol–water partition coefficient (Wildman–Crippen LogP) is 0.383. The Bertz CT molecular complexity index is 291. The van der Waals surface area contributed by atoms with Crippen molar-refractivity contribution in [1.29, 1.82) is 0 Å². The van der Waals surface area contributed by atoms with Crippen molar-refractivity contribution >= 4 is 0 Å². The molecule has 0 spiro atoms. The zero-order valence-corrected chi connectivity index (χ0v) is 10.0. The van der Waals surface area contributed by atoms with Gasteiger partial charge in [-0.1, -0.05) is 5.16 Å². The largest absolute Gasteiger partial charge is 0.383 e. The van der Waals surface area contributed by atoms with Crippen molar-refractivity contribution < 1.29 is 14.0 Å². The second kappa shape index (κ2) is 7.32. The van der Waals surface area contributed by atoms with E-state index in [1.54, 1.807) is 14.2 Å². The van der Waals surface area contributed by atoms with Crippen LogP contribution in [0.1, 0.15) is 18.6 Å². The van der Waals surface area contributed by atoms with Gasteiger partial charge in [0.25, 0.3) is 0 Å². The Balaban J connectivity index is 2.28. The van der Waals surface area contributed by atoms with Crippen LogP contribution in [0.3, 0.4) is 0 Å². The van der Waals surface area contributed by atoms with E-state index in [9.17, 15) is 0 Å². The van der Waals surface area contributed by atoms with Crippen LogP contribution in [0.5, 0.6) is 0 Å². The van der Waals surface area contributed by atoms with Gasteiger partial charge in [-0.05, 0) is 6.92 Å². The van der Waals surface area contributed by atoms with Crippen molar-refractivity contribution in [3.63, 3.8) is 0 Å². The van der Waals surface area contributed by atoms with Crippen molar-refractivity contribution in [3.8, 4) is 0 Å². The van der Waals surface area contributed by atoms with Crippen molar-refractivity contribution in [2.45, 2.75) is 26.0 Å². The molecule has 0 aliphatic rings. The van der Waals surface area contributed by atoms with E-state index >= 15 is 0 Å². The summed E-state index contributed by atoms with van der Waals surface area (Å²) in [5.74, 6) is 1.27. The summed E-state index contributed by atoms with van der Waals surface area (Å²) in [6, 6.07) is 0. The third kappa shape index (κ3) is 4.69. The molecular formula is C10H19N3O3. The first-order valence-corrected chi connectivity index (χ1v) is 5.30.